The van der Waals surface area contributed by atoms with Crippen LogP contribution < -0.4 is 9.47 Å². The van der Waals surface area contributed by atoms with Crippen molar-refractivity contribution in [1.29, 1.82) is 0 Å². The van der Waals surface area contributed by atoms with Crippen LogP contribution in [-0.4, -0.2) is 28.1 Å². The lowest BCUT2D eigenvalue weighted by Crippen LogP contribution is -2.06. The monoisotopic (exact) mass is 515 g/mol. The van der Waals surface area contributed by atoms with Crippen molar-refractivity contribution < 1.29 is 28.5 Å². The zero-order valence-corrected chi connectivity index (χ0v) is 19.4. The van der Waals surface area contributed by atoms with Crippen molar-refractivity contribution in [2.24, 2.45) is 0 Å². The molecule has 35 heavy (non-hydrogen) atoms. The Morgan fingerprint density at radius 2 is 1.83 bits per heavy atom. The SMILES string of the molecule is COc1cc(C(=O)OCc2nc(-c3ccccc3Cl)no2)ccc1Oc1ccc(Cl)cc1[N+](=O)[O-]. The van der Waals surface area contributed by atoms with Gasteiger partial charge in [-0.2, -0.15) is 4.98 Å². The van der Waals surface area contributed by atoms with Gasteiger partial charge in [-0.25, -0.2) is 4.79 Å². The van der Waals surface area contributed by atoms with Gasteiger partial charge in [0.25, 0.3) is 5.89 Å². The molecule has 0 spiro atoms. The third kappa shape index (κ3) is 5.51. The van der Waals surface area contributed by atoms with Crippen LogP contribution in [0.15, 0.2) is 65.2 Å². The topological polar surface area (TPSA) is 127 Å². The molecule has 0 aliphatic rings. The molecule has 0 unspecified atom stereocenters. The summed E-state index contributed by atoms with van der Waals surface area (Å²) >= 11 is 12.0. The van der Waals surface area contributed by atoms with E-state index in [1.165, 1.54) is 43.5 Å². The van der Waals surface area contributed by atoms with Crippen LogP contribution in [0.25, 0.3) is 11.4 Å². The van der Waals surface area contributed by atoms with Gasteiger partial charge in [-0.3, -0.25) is 10.1 Å². The summed E-state index contributed by atoms with van der Waals surface area (Å²) in [4.78, 5) is 27.4. The number of rotatable bonds is 8. The Morgan fingerprint density at radius 3 is 2.57 bits per heavy atom. The molecule has 3 aromatic carbocycles. The maximum absolute atomic E-state index is 12.5. The standard InChI is InChI=1S/C23H15Cl2N3O7/c1-32-20-10-13(6-8-19(20)34-18-9-7-14(24)11-17(18)28(30)31)23(29)33-12-21-26-22(27-35-21)15-4-2-3-5-16(15)25/h2-11H,12H2,1H3. The molecule has 0 saturated carbocycles. The van der Waals surface area contributed by atoms with Crippen molar-refractivity contribution in [1.82, 2.24) is 10.1 Å². The Labute approximate surface area is 208 Å². The van der Waals surface area contributed by atoms with Crippen LogP contribution in [0.1, 0.15) is 16.2 Å². The minimum absolute atomic E-state index is 0.0428. The van der Waals surface area contributed by atoms with Crippen LogP contribution in [-0.2, 0) is 11.3 Å². The summed E-state index contributed by atoms with van der Waals surface area (Å²) in [5.74, 6) is -0.0850. The number of hydrogen-bond acceptors (Lipinski definition) is 9. The normalized spacial score (nSPS) is 10.6. The molecule has 0 aliphatic heterocycles. The number of esters is 1. The molecule has 4 rings (SSSR count). The zero-order valence-electron chi connectivity index (χ0n) is 17.9. The number of carbonyl (C=O) groups excluding carboxylic acids is 1. The first-order valence-corrected chi connectivity index (χ1v) is 10.7. The highest BCUT2D eigenvalue weighted by atomic mass is 35.5. The van der Waals surface area contributed by atoms with E-state index in [9.17, 15) is 14.9 Å². The maximum Gasteiger partial charge on any atom is 0.338 e. The Hall–Kier alpha value is -4.15. The summed E-state index contributed by atoms with van der Waals surface area (Å²) in [5.41, 5.74) is 0.404. The quantitative estimate of drug-likeness (QED) is 0.155. The summed E-state index contributed by atoms with van der Waals surface area (Å²) in [6.45, 7) is -0.270. The first-order chi connectivity index (χ1) is 16.9. The number of aromatic nitrogens is 2. The first-order valence-electron chi connectivity index (χ1n) is 9.90. The van der Waals surface area contributed by atoms with Crippen LogP contribution >= 0.6 is 23.2 Å². The number of nitro benzene ring substituents is 1. The van der Waals surface area contributed by atoms with Gasteiger partial charge in [-0.15, -0.1) is 0 Å². The molecule has 0 bridgehead atoms. The van der Waals surface area contributed by atoms with E-state index in [0.29, 0.717) is 10.6 Å². The van der Waals surface area contributed by atoms with Crippen molar-refractivity contribution >= 4 is 34.9 Å². The van der Waals surface area contributed by atoms with Gasteiger partial charge in [0.05, 0.1) is 22.6 Å². The molecule has 0 amide bonds. The van der Waals surface area contributed by atoms with E-state index in [2.05, 4.69) is 10.1 Å². The highest BCUT2D eigenvalue weighted by Crippen LogP contribution is 2.38. The fourth-order valence-electron chi connectivity index (χ4n) is 2.99. The molecule has 0 saturated heterocycles. The van der Waals surface area contributed by atoms with E-state index in [1.54, 1.807) is 24.3 Å². The van der Waals surface area contributed by atoms with E-state index in [0.717, 1.165) is 0 Å². The van der Waals surface area contributed by atoms with Crippen molar-refractivity contribution in [3.05, 3.63) is 92.3 Å². The largest absolute Gasteiger partial charge is 0.493 e. The smallest absolute Gasteiger partial charge is 0.338 e. The van der Waals surface area contributed by atoms with Gasteiger partial charge in [0.2, 0.25) is 11.6 Å². The Morgan fingerprint density at radius 1 is 1.06 bits per heavy atom. The fraction of sp³-hybridized carbons (Fsp3) is 0.0870. The molecule has 12 heteroatoms. The molecule has 4 aromatic rings. The Bertz CT molecular complexity index is 1410. The molecule has 0 atom stereocenters. The minimum atomic E-state index is -0.690. The third-order valence-corrected chi connectivity index (χ3v) is 5.21. The molecule has 10 nitrogen and oxygen atoms in total. The highest BCUT2D eigenvalue weighted by Gasteiger charge is 2.20. The molecule has 1 aromatic heterocycles. The highest BCUT2D eigenvalue weighted by molar-refractivity contribution is 6.33. The average Bonchev–Trinajstić information content (AvgIpc) is 3.32. The lowest BCUT2D eigenvalue weighted by molar-refractivity contribution is -0.385. The lowest BCUT2D eigenvalue weighted by atomic mass is 10.2. The number of benzene rings is 3. The summed E-state index contributed by atoms with van der Waals surface area (Å²) in [6, 6.07) is 15.2. The van der Waals surface area contributed by atoms with Crippen molar-refractivity contribution in [3.63, 3.8) is 0 Å². The van der Waals surface area contributed by atoms with E-state index in [-0.39, 0.29) is 51.8 Å². The van der Waals surface area contributed by atoms with Gasteiger partial charge in [0.1, 0.15) is 0 Å². The molecule has 178 valence electrons. The Balaban J connectivity index is 1.46. The predicted molar refractivity (Wildman–Crippen MR) is 125 cm³/mol. The lowest BCUT2D eigenvalue weighted by Gasteiger charge is -2.12. The molecule has 0 aliphatic carbocycles. The van der Waals surface area contributed by atoms with Crippen LogP contribution in [0.4, 0.5) is 5.69 Å². The summed E-state index contributed by atoms with van der Waals surface area (Å²) in [5, 5.41) is 15.8. The fourth-order valence-corrected chi connectivity index (χ4v) is 3.38. The van der Waals surface area contributed by atoms with Gasteiger partial charge in [-0.1, -0.05) is 40.5 Å². The molecular formula is C23H15Cl2N3O7. The van der Waals surface area contributed by atoms with Gasteiger partial charge < -0.3 is 18.7 Å². The van der Waals surface area contributed by atoms with Crippen LogP contribution in [0.3, 0.4) is 0 Å². The Kier molecular flexibility index (Phi) is 7.14. The molecule has 1 heterocycles. The molecular weight excluding hydrogens is 501 g/mol. The van der Waals surface area contributed by atoms with Crippen LogP contribution in [0.5, 0.6) is 17.2 Å². The van der Waals surface area contributed by atoms with Crippen molar-refractivity contribution in [2.75, 3.05) is 7.11 Å². The second-order valence-electron chi connectivity index (χ2n) is 6.90. The van der Waals surface area contributed by atoms with Gasteiger partial charge in [0.15, 0.2) is 18.1 Å². The molecule has 0 fully saturated rings. The summed E-state index contributed by atoms with van der Waals surface area (Å²) < 4.78 is 21.3. The number of nitro groups is 1. The third-order valence-electron chi connectivity index (χ3n) is 4.65. The second kappa shape index (κ2) is 10.4. The number of nitrogens with zero attached hydrogens (tertiary/aromatic N) is 3. The van der Waals surface area contributed by atoms with Gasteiger partial charge in [0, 0.05) is 16.7 Å². The molecule has 0 N–H and O–H groups in total. The van der Waals surface area contributed by atoms with E-state index in [4.69, 9.17) is 41.9 Å². The zero-order chi connectivity index (χ0) is 24.9. The number of ether oxygens (including phenoxy) is 3. The first kappa shape index (κ1) is 24.0. The van der Waals surface area contributed by atoms with Crippen molar-refractivity contribution in [2.45, 2.75) is 6.61 Å². The minimum Gasteiger partial charge on any atom is -0.493 e. The van der Waals surface area contributed by atoms with Crippen molar-refractivity contribution in [3.8, 4) is 28.6 Å². The van der Waals surface area contributed by atoms with Crippen LogP contribution in [0.2, 0.25) is 10.0 Å². The van der Waals surface area contributed by atoms with Crippen LogP contribution in [0, 0.1) is 10.1 Å². The van der Waals surface area contributed by atoms with Gasteiger partial charge >= 0.3 is 11.7 Å². The predicted octanol–water partition coefficient (Wildman–Crippen LogP) is 6.11. The maximum atomic E-state index is 12.5. The number of halogens is 2. The number of hydrogen-bond donors (Lipinski definition) is 0. The number of carbonyl (C=O) groups is 1. The van der Waals surface area contributed by atoms with E-state index < -0.39 is 10.9 Å². The second-order valence-corrected chi connectivity index (χ2v) is 7.75. The number of methoxy groups -OCH3 is 1. The van der Waals surface area contributed by atoms with E-state index in [1.807, 2.05) is 0 Å². The van der Waals surface area contributed by atoms with E-state index >= 15 is 0 Å². The molecule has 0 radical (unpaired) electrons. The summed E-state index contributed by atoms with van der Waals surface area (Å²) in [6.07, 6.45) is 0. The van der Waals surface area contributed by atoms with Gasteiger partial charge in [-0.05, 0) is 42.5 Å². The summed E-state index contributed by atoms with van der Waals surface area (Å²) in [7, 11) is 1.36. The average molecular weight is 516 g/mol.